The highest BCUT2D eigenvalue weighted by Crippen LogP contribution is 2.23. The van der Waals surface area contributed by atoms with E-state index < -0.39 is 5.91 Å². The maximum Gasteiger partial charge on any atom is 0.248 e. The number of carbonyl (C=O) groups is 1. The van der Waals surface area contributed by atoms with Crippen molar-refractivity contribution in [2.75, 3.05) is 0 Å². The first-order chi connectivity index (χ1) is 7.99. The highest BCUT2D eigenvalue weighted by molar-refractivity contribution is 5.93. The minimum Gasteiger partial charge on any atom is -0.506 e. The van der Waals surface area contributed by atoms with E-state index in [0.717, 1.165) is 11.4 Å². The van der Waals surface area contributed by atoms with Gasteiger partial charge in [0.15, 0.2) is 0 Å². The van der Waals surface area contributed by atoms with Gasteiger partial charge in [-0.05, 0) is 38.1 Å². The average molecular weight is 231 g/mol. The summed E-state index contributed by atoms with van der Waals surface area (Å²) in [6.45, 7) is 3.76. The van der Waals surface area contributed by atoms with Crippen molar-refractivity contribution >= 4 is 5.91 Å². The number of benzene rings is 1. The van der Waals surface area contributed by atoms with Crippen molar-refractivity contribution in [3.05, 3.63) is 41.2 Å². The number of hydrogen-bond donors (Lipinski definition) is 2. The monoisotopic (exact) mass is 231 g/mol. The van der Waals surface area contributed by atoms with Gasteiger partial charge in [0.25, 0.3) is 0 Å². The lowest BCUT2D eigenvalue weighted by Crippen LogP contribution is -2.11. The maximum absolute atomic E-state index is 11.0. The fourth-order valence-corrected chi connectivity index (χ4v) is 1.73. The number of hydrogen-bond acceptors (Lipinski definition) is 3. The van der Waals surface area contributed by atoms with Crippen LogP contribution in [0.1, 0.15) is 21.7 Å². The van der Waals surface area contributed by atoms with Crippen LogP contribution in [0.4, 0.5) is 0 Å². The van der Waals surface area contributed by atoms with Crippen LogP contribution in [0, 0.1) is 13.8 Å². The van der Waals surface area contributed by atoms with Gasteiger partial charge in [-0.25, -0.2) is 4.68 Å². The van der Waals surface area contributed by atoms with Crippen LogP contribution in [0.15, 0.2) is 24.3 Å². The molecular weight excluding hydrogens is 218 g/mol. The number of nitrogens with two attached hydrogens (primary N) is 1. The van der Waals surface area contributed by atoms with E-state index in [2.05, 4.69) is 5.10 Å². The summed E-state index contributed by atoms with van der Waals surface area (Å²) in [6, 6.07) is 6.43. The SMILES string of the molecule is Cc1cc(C)n(-c2ccc(C(N)=O)cc2O)n1. The largest absolute Gasteiger partial charge is 0.506 e. The molecule has 0 saturated carbocycles. The number of phenolic OH excluding ortho intramolecular Hbond substituents is 1. The molecular formula is C12H13N3O2. The number of aryl methyl sites for hydroxylation is 2. The van der Waals surface area contributed by atoms with E-state index in [1.54, 1.807) is 16.8 Å². The molecule has 1 amide bonds. The van der Waals surface area contributed by atoms with E-state index in [0.29, 0.717) is 5.69 Å². The van der Waals surface area contributed by atoms with Crippen molar-refractivity contribution in [1.82, 2.24) is 9.78 Å². The lowest BCUT2D eigenvalue weighted by molar-refractivity contribution is 0.1000. The molecule has 0 radical (unpaired) electrons. The molecule has 5 nitrogen and oxygen atoms in total. The minimum atomic E-state index is -0.569. The molecule has 0 atom stereocenters. The summed E-state index contributed by atoms with van der Waals surface area (Å²) in [5, 5.41) is 14.1. The van der Waals surface area contributed by atoms with Crippen LogP contribution in [0.2, 0.25) is 0 Å². The summed E-state index contributed by atoms with van der Waals surface area (Å²) in [5.74, 6) is -0.590. The summed E-state index contributed by atoms with van der Waals surface area (Å²) in [4.78, 5) is 11.0. The van der Waals surface area contributed by atoms with Crippen LogP contribution in [0.5, 0.6) is 5.75 Å². The summed E-state index contributed by atoms with van der Waals surface area (Å²) < 4.78 is 1.62. The molecule has 0 spiro atoms. The van der Waals surface area contributed by atoms with Gasteiger partial charge in [0.05, 0.1) is 5.69 Å². The molecule has 0 saturated heterocycles. The number of rotatable bonds is 2. The predicted molar refractivity (Wildman–Crippen MR) is 63.2 cm³/mol. The van der Waals surface area contributed by atoms with Gasteiger partial charge in [0, 0.05) is 11.3 Å². The summed E-state index contributed by atoms with van der Waals surface area (Å²) in [6.07, 6.45) is 0. The van der Waals surface area contributed by atoms with Crippen molar-refractivity contribution in [3.8, 4) is 11.4 Å². The number of aromatic hydroxyl groups is 1. The Morgan fingerprint density at radius 1 is 1.35 bits per heavy atom. The van der Waals surface area contributed by atoms with Crippen LogP contribution in [-0.2, 0) is 0 Å². The third-order valence-corrected chi connectivity index (χ3v) is 2.50. The summed E-state index contributed by atoms with van der Waals surface area (Å²) in [5.41, 5.74) is 7.70. The number of nitrogens with zero attached hydrogens (tertiary/aromatic N) is 2. The molecule has 0 fully saturated rings. The Hall–Kier alpha value is -2.30. The second kappa shape index (κ2) is 3.93. The van der Waals surface area contributed by atoms with Crippen LogP contribution in [-0.4, -0.2) is 20.8 Å². The molecule has 1 heterocycles. The van der Waals surface area contributed by atoms with Crippen molar-refractivity contribution in [3.63, 3.8) is 0 Å². The van der Waals surface area contributed by atoms with Gasteiger partial charge in [-0.15, -0.1) is 0 Å². The Labute approximate surface area is 98.5 Å². The lowest BCUT2D eigenvalue weighted by Gasteiger charge is -2.07. The molecule has 0 aliphatic rings. The number of primary amides is 1. The molecule has 2 rings (SSSR count). The smallest absolute Gasteiger partial charge is 0.248 e. The Balaban J connectivity index is 2.54. The third kappa shape index (κ3) is 1.99. The quantitative estimate of drug-likeness (QED) is 0.817. The highest BCUT2D eigenvalue weighted by Gasteiger charge is 2.10. The topological polar surface area (TPSA) is 81.1 Å². The molecule has 1 aromatic heterocycles. The van der Waals surface area contributed by atoms with Crippen LogP contribution in [0.3, 0.4) is 0 Å². The Bertz CT molecular complexity index is 587. The molecule has 2 aromatic rings. The first kappa shape index (κ1) is 11.2. The van der Waals surface area contributed by atoms with Gasteiger partial charge in [-0.2, -0.15) is 5.10 Å². The predicted octanol–water partition coefficient (Wildman–Crippen LogP) is 1.29. The number of aromatic nitrogens is 2. The van der Waals surface area contributed by atoms with E-state index in [9.17, 15) is 9.90 Å². The normalized spacial score (nSPS) is 10.5. The summed E-state index contributed by atoms with van der Waals surface area (Å²) >= 11 is 0. The van der Waals surface area contributed by atoms with E-state index in [-0.39, 0.29) is 11.3 Å². The van der Waals surface area contributed by atoms with E-state index >= 15 is 0 Å². The molecule has 0 aliphatic carbocycles. The Morgan fingerprint density at radius 2 is 2.06 bits per heavy atom. The van der Waals surface area contributed by atoms with Crippen molar-refractivity contribution in [1.29, 1.82) is 0 Å². The van der Waals surface area contributed by atoms with Crippen molar-refractivity contribution in [2.24, 2.45) is 5.73 Å². The van der Waals surface area contributed by atoms with Gasteiger partial charge in [0.1, 0.15) is 11.4 Å². The van der Waals surface area contributed by atoms with Gasteiger partial charge < -0.3 is 10.8 Å². The zero-order valence-corrected chi connectivity index (χ0v) is 9.64. The number of carbonyl (C=O) groups excluding carboxylic acids is 1. The molecule has 3 N–H and O–H groups in total. The van der Waals surface area contributed by atoms with Crippen LogP contribution < -0.4 is 5.73 Å². The molecule has 0 unspecified atom stereocenters. The Morgan fingerprint density at radius 3 is 2.53 bits per heavy atom. The second-order valence-corrected chi connectivity index (χ2v) is 3.91. The molecule has 17 heavy (non-hydrogen) atoms. The molecule has 5 heteroatoms. The first-order valence-corrected chi connectivity index (χ1v) is 5.15. The maximum atomic E-state index is 11.0. The molecule has 0 bridgehead atoms. The summed E-state index contributed by atoms with van der Waals surface area (Å²) in [7, 11) is 0. The van der Waals surface area contributed by atoms with Gasteiger partial charge in [-0.1, -0.05) is 0 Å². The number of amides is 1. The second-order valence-electron chi connectivity index (χ2n) is 3.91. The lowest BCUT2D eigenvalue weighted by atomic mass is 10.2. The fraction of sp³-hybridized carbons (Fsp3) is 0.167. The first-order valence-electron chi connectivity index (χ1n) is 5.15. The van der Waals surface area contributed by atoms with Gasteiger partial charge >= 0.3 is 0 Å². The van der Waals surface area contributed by atoms with Crippen LogP contribution >= 0.6 is 0 Å². The van der Waals surface area contributed by atoms with Crippen molar-refractivity contribution < 1.29 is 9.90 Å². The molecule has 88 valence electrons. The van der Waals surface area contributed by atoms with Crippen LogP contribution in [0.25, 0.3) is 5.69 Å². The Kier molecular flexibility index (Phi) is 2.59. The molecule has 1 aromatic carbocycles. The van der Waals surface area contributed by atoms with E-state index in [1.165, 1.54) is 6.07 Å². The van der Waals surface area contributed by atoms with Gasteiger partial charge in [-0.3, -0.25) is 4.79 Å². The fourth-order valence-electron chi connectivity index (χ4n) is 1.73. The zero-order chi connectivity index (χ0) is 12.6. The van der Waals surface area contributed by atoms with Gasteiger partial charge in [0.2, 0.25) is 5.91 Å². The van der Waals surface area contributed by atoms with E-state index in [4.69, 9.17) is 5.73 Å². The third-order valence-electron chi connectivity index (χ3n) is 2.50. The molecule has 0 aliphatic heterocycles. The van der Waals surface area contributed by atoms with Crippen molar-refractivity contribution in [2.45, 2.75) is 13.8 Å². The standard InChI is InChI=1S/C12H13N3O2/c1-7-5-8(2)15(14-7)10-4-3-9(12(13)17)6-11(10)16/h3-6,16H,1-2H3,(H2,13,17). The average Bonchev–Trinajstić information content (AvgIpc) is 2.57. The van der Waals surface area contributed by atoms with E-state index in [1.807, 2.05) is 19.9 Å². The zero-order valence-electron chi connectivity index (χ0n) is 9.64. The highest BCUT2D eigenvalue weighted by atomic mass is 16.3. The minimum absolute atomic E-state index is 0.0208. The number of phenols is 1.